The Kier molecular flexibility index (Phi) is 9.07. The summed E-state index contributed by atoms with van der Waals surface area (Å²) in [7, 11) is 0. The number of Topliss-reactive ketones (excluding diaryl/α,β-unsaturated/α-hetero) is 1. The largest absolute Gasteiger partial charge is 0.342 e. The summed E-state index contributed by atoms with van der Waals surface area (Å²) >= 11 is 0. The molecule has 2 aliphatic rings. The minimum Gasteiger partial charge on any atom is -0.342 e. The number of nitrogens with zero attached hydrogens (tertiary/aromatic N) is 1. The van der Waals surface area contributed by atoms with Gasteiger partial charge in [-0.25, -0.2) is 4.39 Å². The maximum absolute atomic E-state index is 14.7. The maximum atomic E-state index is 14.7. The molecule has 0 radical (unpaired) electrons. The zero-order chi connectivity index (χ0) is 29.6. The Morgan fingerprint density at radius 2 is 1.60 bits per heavy atom. The molecule has 4 N–H and O–H groups in total. The van der Waals surface area contributed by atoms with Crippen LogP contribution in [0, 0.1) is 5.82 Å². The van der Waals surface area contributed by atoms with E-state index < -0.39 is 29.7 Å². The highest BCUT2D eigenvalue weighted by atomic mass is 19.1. The number of ketones is 1. The van der Waals surface area contributed by atoms with Gasteiger partial charge in [-0.1, -0.05) is 54.6 Å². The van der Waals surface area contributed by atoms with Crippen LogP contribution in [0.5, 0.6) is 0 Å². The van der Waals surface area contributed by atoms with Crippen molar-refractivity contribution in [1.82, 2.24) is 10.2 Å². The van der Waals surface area contributed by atoms with E-state index >= 15 is 0 Å². The Hall–Kier alpha value is -4.37. The summed E-state index contributed by atoms with van der Waals surface area (Å²) in [6.07, 6.45) is 2.93. The number of carbonyl (C=O) groups is 4. The van der Waals surface area contributed by atoms with Gasteiger partial charge in [-0.15, -0.1) is 0 Å². The second kappa shape index (κ2) is 13.1. The summed E-state index contributed by atoms with van der Waals surface area (Å²) in [5.41, 5.74) is 10.2. The van der Waals surface area contributed by atoms with Crippen LogP contribution in [0.25, 0.3) is 0 Å². The predicted octanol–water partition coefficient (Wildman–Crippen LogP) is 3.70. The molecule has 0 saturated heterocycles. The summed E-state index contributed by atoms with van der Waals surface area (Å²) in [4.78, 5) is 54.5. The summed E-state index contributed by atoms with van der Waals surface area (Å²) in [6.45, 7) is 0.323. The summed E-state index contributed by atoms with van der Waals surface area (Å²) < 4.78 is 14.7. The number of nitrogens with one attached hydrogen (secondary N) is 2. The van der Waals surface area contributed by atoms with E-state index in [1.165, 1.54) is 11.0 Å². The first-order valence-corrected chi connectivity index (χ1v) is 14.4. The van der Waals surface area contributed by atoms with Crippen LogP contribution < -0.4 is 16.4 Å². The van der Waals surface area contributed by atoms with Crippen molar-refractivity contribution in [3.8, 4) is 0 Å². The Labute approximate surface area is 244 Å². The van der Waals surface area contributed by atoms with Gasteiger partial charge < -0.3 is 21.3 Å². The molecule has 1 aliphatic carbocycles. The van der Waals surface area contributed by atoms with Gasteiger partial charge in [0, 0.05) is 31.4 Å². The molecule has 8 nitrogen and oxygen atoms in total. The van der Waals surface area contributed by atoms with Crippen molar-refractivity contribution in [3.05, 3.63) is 100 Å². The van der Waals surface area contributed by atoms with Crippen LogP contribution in [0.2, 0.25) is 0 Å². The first-order valence-electron chi connectivity index (χ1n) is 14.4. The molecule has 2 atom stereocenters. The number of rotatable bonds is 10. The molecule has 9 heteroatoms. The number of amides is 3. The number of nitrogens with two attached hydrogens (primary N) is 1. The number of halogens is 1. The topological polar surface area (TPSA) is 122 Å². The second-order valence-corrected chi connectivity index (χ2v) is 10.9. The molecule has 218 valence electrons. The van der Waals surface area contributed by atoms with Crippen LogP contribution in [0.15, 0.2) is 66.7 Å². The Balaban J connectivity index is 1.30. The normalized spacial score (nSPS) is 16.2. The maximum Gasteiger partial charge on any atom is 0.247 e. The molecule has 5 rings (SSSR count). The quantitative estimate of drug-likeness (QED) is 0.321. The lowest BCUT2D eigenvalue weighted by Gasteiger charge is -2.36. The molecule has 0 bridgehead atoms. The second-order valence-electron chi connectivity index (χ2n) is 10.9. The van der Waals surface area contributed by atoms with Crippen molar-refractivity contribution in [2.75, 3.05) is 11.9 Å². The SMILES string of the molecule is NCC[C@H](NC(=O)[C@@H]1Cc2ccccc2CN1C(=O)CCC(=O)c1ccccc1)C(=O)Nc1cc2c(cc1F)CCC2. The molecule has 1 heterocycles. The Morgan fingerprint density at radius 3 is 2.33 bits per heavy atom. The van der Waals surface area contributed by atoms with Crippen molar-refractivity contribution < 1.29 is 23.6 Å². The van der Waals surface area contributed by atoms with E-state index in [2.05, 4.69) is 10.6 Å². The summed E-state index contributed by atoms with van der Waals surface area (Å²) in [6, 6.07) is 17.5. The van der Waals surface area contributed by atoms with Crippen molar-refractivity contribution in [1.29, 1.82) is 0 Å². The van der Waals surface area contributed by atoms with Crippen LogP contribution in [0.1, 0.15) is 58.3 Å². The highest BCUT2D eigenvalue weighted by Gasteiger charge is 2.36. The van der Waals surface area contributed by atoms with Crippen LogP contribution in [0.4, 0.5) is 10.1 Å². The van der Waals surface area contributed by atoms with Gasteiger partial charge >= 0.3 is 0 Å². The van der Waals surface area contributed by atoms with Gasteiger partial charge in [0.2, 0.25) is 17.7 Å². The van der Waals surface area contributed by atoms with Gasteiger partial charge in [-0.2, -0.15) is 0 Å². The molecule has 0 fully saturated rings. The molecule has 3 aromatic rings. The van der Waals surface area contributed by atoms with Crippen LogP contribution >= 0.6 is 0 Å². The van der Waals surface area contributed by atoms with Crippen molar-refractivity contribution in [3.63, 3.8) is 0 Å². The fourth-order valence-corrected chi connectivity index (χ4v) is 5.76. The van der Waals surface area contributed by atoms with Crippen LogP contribution in [-0.2, 0) is 40.2 Å². The minimum absolute atomic E-state index is 0.0138. The number of aryl methyl sites for hydroxylation is 2. The number of hydrogen-bond acceptors (Lipinski definition) is 5. The fraction of sp³-hybridized carbons (Fsp3) is 0.333. The molecule has 3 amide bonds. The van der Waals surface area contributed by atoms with Crippen molar-refractivity contribution >= 4 is 29.2 Å². The summed E-state index contributed by atoms with van der Waals surface area (Å²) in [5, 5.41) is 5.40. The van der Waals surface area contributed by atoms with Gasteiger partial charge in [0.05, 0.1) is 5.69 Å². The van der Waals surface area contributed by atoms with E-state index in [1.807, 2.05) is 30.3 Å². The first-order chi connectivity index (χ1) is 20.3. The number of benzene rings is 3. The third-order valence-corrected chi connectivity index (χ3v) is 8.06. The van der Waals surface area contributed by atoms with E-state index in [1.54, 1.807) is 30.3 Å². The Bertz CT molecular complexity index is 1490. The van der Waals surface area contributed by atoms with Gasteiger partial charge in [0.25, 0.3) is 0 Å². The smallest absolute Gasteiger partial charge is 0.247 e. The lowest BCUT2D eigenvalue weighted by atomic mass is 9.92. The highest BCUT2D eigenvalue weighted by Crippen LogP contribution is 2.28. The van der Waals surface area contributed by atoms with Gasteiger partial charge in [0.1, 0.15) is 17.9 Å². The van der Waals surface area contributed by atoms with Crippen molar-refractivity contribution in [2.45, 2.75) is 63.6 Å². The molecular weight excluding hydrogens is 535 g/mol. The molecule has 0 saturated carbocycles. The first kappa shape index (κ1) is 29.1. The molecule has 0 aromatic heterocycles. The lowest BCUT2D eigenvalue weighted by Crippen LogP contribution is -2.56. The van der Waals surface area contributed by atoms with Gasteiger partial charge in [0.15, 0.2) is 5.78 Å². The number of fused-ring (bicyclic) bond motifs is 2. The zero-order valence-electron chi connectivity index (χ0n) is 23.4. The molecule has 0 spiro atoms. The molecular formula is C33H35FN4O4. The predicted molar refractivity (Wildman–Crippen MR) is 157 cm³/mol. The minimum atomic E-state index is -1.02. The average molecular weight is 571 g/mol. The zero-order valence-corrected chi connectivity index (χ0v) is 23.4. The highest BCUT2D eigenvalue weighted by molar-refractivity contribution is 6.00. The van der Waals surface area contributed by atoms with E-state index in [-0.39, 0.29) is 56.2 Å². The number of carbonyl (C=O) groups excluding carboxylic acids is 4. The van der Waals surface area contributed by atoms with Crippen LogP contribution in [-0.4, -0.2) is 47.0 Å². The Morgan fingerprint density at radius 1 is 0.905 bits per heavy atom. The number of anilines is 1. The molecule has 42 heavy (non-hydrogen) atoms. The van der Waals surface area contributed by atoms with Gasteiger partial charge in [-0.05, 0) is 66.6 Å². The monoisotopic (exact) mass is 570 g/mol. The van der Waals surface area contributed by atoms with E-state index in [9.17, 15) is 23.6 Å². The van der Waals surface area contributed by atoms with E-state index in [0.29, 0.717) is 5.56 Å². The van der Waals surface area contributed by atoms with Crippen molar-refractivity contribution in [2.24, 2.45) is 5.73 Å². The average Bonchev–Trinajstić information content (AvgIpc) is 3.46. The number of hydrogen-bond donors (Lipinski definition) is 3. The van der Waals surface area contributed by atoms with E-state index in [4.69, 9.17) is 5.73 Å². The van der Waals surface area contributed by atoms with E-state index in [0.717, 1.165) is 41.5 Å². The van der Waals surface area contributed by atoms with Crippen LogP contribution in [0.3, 0.4) is 0 Å². The lowest BCUT2D eigenvalue weighted by molar-refractivity contribution is -0.142. The third-order valence-electron chi connectivity index (χ3n) is 8.06. The fourth-order valence-electron chi connectivity index (χ4n) is 5.76. The molecule has 3 aromatic carbocycles. The molecule has 1 aliphatic heterocycles. The van der Waals surface area contributed by atoms with Gasteiger partial charge in [-0.3, -0.25) is 19.2 Å². The molecule has 0 unspecified atom stereocenters. The standard InChI is InChI=1S/C33H35FN4O4/c34-26-17-22-11-6-12-23(22)18-28(26)37-32(41)27(15-16-35)36-33(42)29-19-24-9-4-5-10-25(24)20-38(29)31(40)14-13-30(39)21-7-2-1-3-8-21/h1-5,7-10,17-18,27,29H,6,11-16,19-20,35H2,(H,36,42)(H,37,41)/t27-,29-/m0/s1. The summed E-state index contributed by atoms with van der Waals surface area (Å²) in [5.74, 6) is -2.08. The third kappa shape index (κ3) is 6.57.